The Morgan fingerprint density at radius 2 is 2.25 bits per heavy atom. The van der Waals surface area contributed by atoms with E-state index >= 15 is 0 Å². The summed E-state index contributed by atoms with van der Waals surface area (Å²) in [6.07, 6.45) is 5.04. The summed E-state index contributed by atoms with van der Waals surface area (Å²) in [6.45, 7) is 8.32. The third-order valence-corrected chi connectivity index (χ3v) is 3.26. The van der Waals surface area contributed by atoms with Gasteiger partial charge in [-0.15, -0.1) is 0 Å². The fourth-order valence-corrected chi connectivity index (χ4v) is 2.18. The molecule has 3 heteroatoms. The van der Waals surface area contributed by atoms with Crippen LogP contribution in [0, 0.1) is 5.92 Å². The van der Waals surface area contributed by atoms with Crippen molar-refractivity contribution in [2.45, 2.75) is 46.0 Å². The number of esters is 1. The summed E-state index contributed by atoms with van der Waals surface area (Å²) >= 11 is 0. The maximum absolute atomic E-state index is 11.4. The van der Waals surface area contributed by atoms with Crippen molar-refractivity contribution in [1.82, 2.24) is 4.90 Å². The molecule has 3 nitrogen and oxygen atoms in total. The topological polar surface area (TPSA) is 29.5 Å². The maximum Gasteiger partial charge on any atom is 0.305 e. The molecule has 1 atom stereocenters. The average Bonchev–Trinajstić information content (AvgIpc) is 2.34. The molecule has 16 heavy (non-hydrogen) atoms. The summed E-state index contributed by atoms with van der Waals surface area (Å²) in [4.78, 5) is 13.8. The normalized spacial score (nSPS) is 22.0. The SMILES string of the molecule is CCCCC(=O)OCC1CCCN(CC)C1. The van der Waals surface area contributed by atoms with Crippen LogP contribution in [0.15, 0.2) is 0 Å². The second-order valence-corrected chi connectivity index (χ2v) is 4.69. The van der Waals surface area contributed by atoms with Gasteiger partial charge in [0.1, 0.15) is 0 Å². The maximum atomic E-state index is 11.4. The molecule has 0 amide bonds. The van der Waals surface area contributed by atoms with Gasteiger partial charge in [0.25, 0.3) is 0 Å². The number of likely N-dealkylation sites (tertiary alicyclic amines) is 1. The number of nitrogens with zero attached hydrogens (tertiary/aromatic N) is 1. The Labute approximate surface area is 99.1 Å². The van der Waals surface area contributed by atoms with E-state index in [1.54, 1.807) is 0 Å². The molecule has 0 saturated carbocycles. The molecular weight excluding hydrogens is 202 g/mol. The highest BCUT2D eigenvalue weighted by molar-refractivity contribution is 5.69. The Bertz CT molecular complexity index is 206. The molecule has 0 radical (unpaired) electrons. The summed E-state index contributed by atoms with van der Waals surface area (Å²) < 4.78 is 5.31. The number of rotatable bonds is 6. The largest absolute Gasteiger partial charge is 0.465 e. The Morgan fingerprint density at radius 3 is 2.94 bits per heavy atom. The van der Waals surface area contributed by atoms with E-state index < -0.39 is 0 Å². The van der Waals surface area contributed by atoms with Crippen LogP contribution in [0.1, 0.15) is 46.0 Å². The van der Waals surface area contributed by atoms with E-state index in [1.165, 1.54) is 19.4 Å². The number of unbranched alkanes of at least 4 members (excludes halogenated alkanes) is 1. The molecule has 1 rings (SSSR count). The Morgan fingerprint density at radius 1 is 1.44 bits per heavy atom. The first-order valence-electron chi connectivity index (χ1n) is 6.64. The number of carbonyl (C=O) groups excluding carboxylic acids is 1. The van der Waals surface area contributed by atoms with E-state index in [4.69, 9.17) is 4.74 Å². The summed E-state index contributed by atoms with van der Waals surface area (Å²) in [5.74, 6) is 0.537. The van der Waals surface area contributed by atoms with Crippen LogP contribution in [0.5, 0.6) is 0 Å². The highest BCUT2D eigenvalue weighted by Crippen LogP contribution is 2.16. The number of hydrogen-bond acceptors (Lipinski definition) is 3. The molecule has 0 aliphatic carbocycles. The third-order valence-electron chi connectivity index (χ3n) is 3.26. The van der Waals surface area contributed by atoms with Crippen LogP contribution in [0.4, 0.5) is 0 Å². The van der Waals surface area contributed by atoms with Gasteiger partial charge < -0.3 is 9.64 Å². The Balaban J connectivity index is 2.14. The molecule has 1 fully saturated rings. The highest BCUT2D eigenvalue weighted by atomic mass is 16.5. The zero-order valence-corrected chi connectivity index (χ0v) is 10.7. The van der Waals surface area contributed by atoms with Crippen molar-refractivity contribution in [2.75, 3.05) is 26.2 Å². The first-order chi connectivity index (χ1) is 7.76. The van der Waals surface area contributed by atoms with Crippen LogP contribution in [0.25, 0.3) is 0 Å². The zero-order chi connectivity index (χ0) is 11.8. The lowest BCUT2D eigenvalue weighted by atomic mass is 9.99. The summed E-state index contributed by atoms with van der Waals surface area (Å²) in [5.41, 5.74) is 0. The molecule has 0 aromatic rings. The molecule has 0 bridgehead atoms. The third kappa shape index (κ3) is 4.97. The minimum atomic E-state index is -0.0181. The number of carbonyl (C=O) groups is 1. The van der Waals surface area contributed by atoms with E-state index in [-0.39, 0.29) is 5.97 Å². The van der Waals surface area contributed by atoms with Crippen molar-refractivity contribution in [3.63, 3.8) is 0 Å². The van der Waals surface area contributed by atoms with Gasteiger partial charge in [-0.25, -0.2) is 0 Å². The van der Waals surface area contributed by atoms with Crippen molar-refractivity contribution in [3.05, 3.63) is 0 Å². The molecule has 1 aliphatic heterocycles. The van der Waals surface area contributed by atoms with Crippen molar-refractivity contribution < 1.29 is 9.53 Å². The molecule has 1 aliphatic rings. The molecule has 94 valence electrons. The van der Waals surface area contributed by atoms with E-state index in [0.717, 1.165) is 25.9 Å². The molecular formula is C13H25NO2. The fraction of sp³-hybridized carbons (Fsp3) is 0.923. The first-order valence-corrected chi connectivity index (χ1v) is 6.64. The van der Waals surface area contributed by atoms with Gasteiger partial charge in [-0.2, -0.15) is 0 Å². The fourth-order valence-electron chi connectivity index (χ4n) is 2.18. The minimum absolute atomic E-state index is 0.0181. The van der Waals surface area contributed by atoms with Crippen molar-refractivity contribution in [2.24, 2.45) is 5.92 Å². The monoisotopic (exact) mass is 227 g/mol. The quantitative estimate of drug-likeness (QED) is 0.653. The average molecular weight is 227 g/mol. The van der Waals surface area contributed by atoms with Crippen LogP contribution < -0.4 is 0 Å². The second kappa shape index (κ2) is 7.66. The van der Waals surface area contributed by atoms with E-state index in [0.29, 0.717) is 18.9 Å². The zero-order valence-electron chi connectivity index (χ0n) is 10.7. The molecule has 0 aromatic heterocycles. The Kier molecular flexibility index (Phi) is 6.46. The second-order valence-electron chi connectivity index (χ2n) is 4.69. The van der Waals surface area contributed by atoms with Gasteiger partial charge in [0, 0.05) is 18.9 Å². The standard InChI is InChI=1S/C13H25NO2/c1-3-5-8-13(15)16-11-12-7-6-9-14(4-2)10-12/h12H,3-11H2,1-2H3. The molecule has 0 spiro atoms. The summed E-state index contributed by atoms with van der Waals surface area (Å²) in [7, 11) is 0. The van der Waals surface area contributed by atoms with Gasteiger partial charge in [0.15, 0.2) is 0 Å². The number of hydrogen-bond donors (Lipinski definition) is 0. The van der Waals surface area contributed by atoms with Crippen molar-refractivity contribution >= 4 is 5.97 Å². The lowest BCUT2D eigenvalue weighted by molar-refractivity contribution is -0.145. The van der Waals surface area contributed by atoms with Crippen molar-refractivity contribution in [3.8, 4) is 0 Å². The molecule has 1 unspecified atom stereocenters. The number of piperidine rings is 1. The molecule has 1 heterocycles. The summed E-state index contributed by atoms with van der Waals surface area (Å²) in [6, 6.07) is 0. The van der Waals surface area contributed by atoms with Gasteiger partial charge in [0.05, 0.1) is 6.61 Å². The van der Waals surface area contributed by atoms with Crippen LogP contribution in [0.3, 0.4) is 0 Å². The molecule has 0 N–H and O–H groups in total. The van der Waals surface area contributed by atoms with Crippen LogP contribution in [-0.2, 0) is 9.53 Å². The molecule has 1 saturated heterocycles. The van der Waals surface area contributed by atoms with Crippen LogP contribution >= 0.6 is 0 Å². The lowest BCUT2D eigenvalue weighted by Gasteiger charge is -2.31. The van der Waals surface area contributed by atoms with Crippen molar-refractivity contribution in [1.29, 1.82) is 0 Å². The predicted octanol–water partition coefficient (Wildman–Crippen LogP) is 2.45. The van der Waals surface area contributed by atoms with Gasteiger partial charge in [-0.1, -0.05) is 20.3 Å². The van der Waals surface area contributed by atoms with Gasteiger partial charge >= 0.3 is 5.97 Å². The van der Waals surface area contributed by atoms with E-state index in [1.807, 2.05) is 0 Å². The van der Waals surface area contributed by atoms with Gasteiger partial charge in [0.2, 0.25) is 0 Å². The van der Waals surface area contributed by atoms with Gasteiger partial charge in [-0.3, -0.25) is 4.79 Å². The summed E-state index contributed by atoms with van der Waals surface area (Å²) in [5, 5.41) is 0. The molecule has 0 aromatic carbocycles. The highest BCUT2D eigenvalue weighted by Gasteiger charge is 2.19. The van der Waals surface area contributed by atoms with Crippen LogP contribution in [-0.4, -0.2) is 37.1 Å². The minimum Gasteiger partial charge on any atom is -0.465 e. The first kappa shape index (κ1) is 13.5. The predicted molar refractivity (Wildman–Crippen MR) is 65.3 cm³/mol. The lowest BCUT2D eigenvalue weighted by Crippen LogP contribution is -2.37. The van der Waals surface area contributed by atoms with E-state index in [9.17, 15) is 4.79 Å². The number of ether oxygens (including phenoxy) is 1. The van der Waals surface area contributed by atoms with Crippen LogP contribution in [0.2, 0.25) is 0 Å². The smallest absolute Gasteiger partial charge is 0.305 e. The Hall–Kier alpha value is -0.570. The van der Waals surface area contributed by atoms with E-state index in [2.05, 4.69) is 18.7 Å². The van der Waals surface area contributed by atoms with Gasteiger partial charge in [-0.05, 0) is 32.4 Å².